The summed E-state index contributed by atoms with van der Waals surface area (Å²) in [6, 6.07) is 1.27. The number of aromatic nitrogens is 1. The highest BCUT2D eigenvalue weighted by Gasteiger charge is 2.49. The molecule has 0 radical (unpaired) electrons. The van der Waals surface area contributed by atoms with Gasteiger partial charge in [0.25, 0.3) is 0 Å². The van der Waals surface area contributed by atoms with Crippen molar-refractivity contribution in [2.45, 2.75) is 63.0 Å². The summed E-state index contributed by atoms with van der Waals surface area (Å²) in [6.45, 7) is 3.44. The first kappa shape index (κ1) is 29.3. The van der Waals surface area contributed by atoms with E-state index in [-0.39, 0.29) is 23.6 Å². The minimum atomic E-state index is -4.99. The quantitative estimate of drug-likeness (QED) is 0.474. The van der Waals surface area contributed by atoms with Crippen LogP contribution in [0.1, 0.15) is 55.0 Å². The zero-order valence-corrected chi connectivity index (χ0v) is 21.9. The lowest BCUT2D eigenvalue weighted by atomic mass is 9.81. The van der Waals surface area contributed by atoms with E-state index in [1.54, 1.807) is 5.38 Å². The van der Waals surface area contributed by atoms with Crippen molar-refractivity contribution in [3.63, 3.8) is 0 Å². The summed E-state index contributed by atoms with van der Waals surface area (Å²) in [5.41, 5.74) is -3.97. The highest BCUT2D eigenvalue weighted by Crippen LogP contribution is 2.44. The third-order valence-electron chi connectivity index (χ3n) is 7.07. The van der Waals surface area contributed by atoms with Crippen molar-refractivity contribution >= 4 is 28.3 Å². The van der Waals surface area contributed by atoms with Crippen LogP contribution < -0.4 is 10.6 Å². The Morgan fingerprint density at radius 3 is 2.44 bits per heavy atom. The molecule has 14 heteroatoms. The first-order chi connectivity index (χ1) is 18.3. The van der Waals surface area contributed by atoms with Gasteiger partial charge in [0.1, 0.15) is 0 Å². The number of alkyl halides is 6. The Balaban J connectivity index is 1.61. The zero-order chi connectivity index (χ0) is 28.4. The number of hydrogen-bond acceptors (Lipinski definition) is 6. The number of halogens is 6. The summed E-state index contributed by atoms with van der Waals surface area (Å²) < 4.78 is 85.3. The van der Waals surface area contributed by atoms with Gasteiger partial charge in [-0.05, 0) is 49.4 Å². The largest absolute Gasteiger partial charge is 0.416 e. The summed E-state index contributed by atoms with van der Waals surface area (Å²) in [5.74, 6) is -0.880. The molecule has 1 aromatic heterocycles. The van der Waals surface area contributed by atoms with Crippen molar-refractivity contribution < 1.29 is 40.7 Å². The minimum Gasteiger partial charge on any atom is -0.380 e. The van der Waals surface area contributed by atoms with E-state index in [9.17, 15) is 35.9 Å². The monoisotopic (exact) mass is 578 g/mol. The summed E-state index contributed by atoms with van der Waals surface area (Å²) >= 11 is 1.14. The highest BCUT2D eigenvalue weighted by molar-refractivity contribution is 7.14. The Kier molecular flexibility index (Phi) is 8.57. The lowest BCUT2D eigenvalue weighted by Gasteiger charge is -2.30. The standard InChI is InChI=1S/C25H28F6N4O3S/c1-15(36)33-22-34-20(14-39-22)23(4-3-19(12-23)35-5-2-7-38-8-6-35)21(37)32-13-16-9-17(24(26,27)28)11-18(10-16)25(29,30)31/h9-11,14,19H,2-8,12-13H2,1H3,(H,32,37)(H,33,34,36). The van der Waals surface area contributed by atoms with E-state index in [4.69, 9.17) is 4.74 Å². The SMILES string of the molecule is CC(=O)Nc1nc(C2(C(=O)NCc3cc(C(F)(F)F)cc(C(F)(F)F)c3)CCC(N3CCCOCC3)C2)cs1. The van der Waals surface area contributed by atoms with Crippen LogP contribution in [0, 0.1) is 0 Å². The van der Waals surface area contributed by atoms with Gasteiger partial charge in [-0.3, -0.25) is 14.5 Å². The molecule has 1 saturated carbocycles. The summed E-state index contributed by atoms with van der Waals surface area (Å²) in [7, 11) is 0. The molecule has 2 fully saturated rings. The van der Waals surface area contributed by atoms with Crippen LogP contribution >= 0.6 is 11.3 Å². The van der Waals surface area contributed by atoms with Gasteiger partial charge < -0.3 is 15.4 Å². The molecule has 2 atom stereocenters. The first-order valence-corrected chi connectivity index (χ1v) is 13.3. The first-order valence-electron chi connectivity index (χ1n) is 12.4. The molecule has 1 aliphatic carbocycles. The zero-order valence-electron chi connectivity index (χ0n) is 21.0. The number of hydrogen-bond donors (Lipinski definition) is 2. The molecule has 7 nitrogen and oxygen atoms in total. The Labute approximate surface area is 224 Å². The Morgan fingerprint density at radius 1 is 1.10 bits per heavy atom. The molecule has 2 amide bonds. The van der Waals surface area contributed by atoms with E-state index < -0.39 is 41.3 Å². The van der Waals surface area contributed by atoms with Crippen molar-refractivity contribution in [3.05, 3.63) is 46.0 Å². The number of nitrogens with one attached hydrogen (secondary N) is 2. The molecule has 1 aromatic carbocycles. The number of ether oxygens (including phenoxy) is 1. The number of carbonyl (C=O) groups is 2. The Bertz CT molecular complexity index is 1160. The molecule has 2 N–H and O–H groups in total. The van der Waals surface area contributed by atoms with Gasteiger partial charge in [-0.2, -0.15) is 26.3 Å². The van der Waals surface area contributed by atoms with Crippen LogP contribution in [-0.2, 0) is 38.6 Å². The third-order valence-corrected chi connectivity index (χ3v) is 7.83. The van der Waals surface area contributed by atoms with Gasteiger partial charge in [-0.25, -0.2) is 4.98 Å². The predicted molar refractivity (Wildman–Crippen MR) is 131 cm³/mol. The second-order valence-electron chi connectivity index (χ2n) is 9.80. The smallest absolute Gasteiger partial charge is 0.380 e. The Hall–Kier alpha value is -2.71. The van der Waals surface area contributed by atoms with Gasteiger partial charge in [-0.15, -0.1) is 11.3 Å². The third kappa shape index (κ3) is 6.90. The number of amides is 2. The number of thiazole rings is 1. The second kappa shape index (κ2) is 11.4. The molecule has 2 unspecified atom stereocenters. The molecule has 4 rings (SSSR count). The number of carbonyl (C=O) groups excluding carboxylic acids is 2. The van der Waals surface area contributed by atoms with Crippen LogP contribution in [0.3, 0.4) is 0 Å². The summed E-state index contributed by atoms with van der Waals surface area (Å²) in [4.78, 5) is 31.9. The normalized spacial score (nSPS) is 22.9. The van der Waals surface area contributed by atoms with Crippen LogP contribution in [0.4, 0.5) is 31.5 Å². The van der Waals surface area contributed by atoms with Crippen molar-refractivity contribution in [3.8, 4) is 0 Å². The predicted octanol–water partition coefficient (Wildman–Crippen LogP) is 4.97. The lowest BCUT2D eigenvalue weighted by Crippen LogP contribution is -2.45. The van der Waals surface area contributed by atoms with Crippen LogP contribution in [0.2, 0.25) is 0 Å². The van der Waals surface area contributed by atoms with Gasteiger partial charge in [0, 0.05) is 44.6 Å². The lowest BCUT2D eigenvalue weighted by molar-refractivity contribution is -0.143. The number of anilines is 1. The molecular weight excluding hydrogens is 550 g/mol. The fourth-order valence-corrected chi connectivity index (χ4v) is 6.05. The molecule has 1 saturated heterocycles. The van der Waals surface area contributed by atoms with Gasteiger partial charge in [0.05, 0.1) is 28.8 Å². The van der Waals surface area contributed by atoms with Crippen molar-refractivity contribution in [2.24, 2.45) is 0 Å². The molecule has 39 heavy (non-hydrogen) atoms. The average molecular weight is 579 g/mol. The molecule has 2 heterocycles. The minimum absolute atomic E-state index is 0.00811. The van der Waals surface area contributed by atoms with E-state index in [0.29, 0.717) is 62.0 Å². The highest BCUT2D eigenvalue weighted by atomic mass is 32.1. The molecule has 1 aliphatic heterocycles. The van der Waals surface area contributed by atoms with Crippen LogP contribution in [0.5, 0.6) is 0 Å². The fraction of sp³-hybridized carbons (Fsp3) is 0.560. The van der Waals surface area contributed by atoms with Crippen molar-refractivity contribution in [1.29, 1.82) is 0 Å². The van der Waals surface area contributed by atoms with Crippen molar-refractivity contribution in [2.75, 3.05) is 31.6 Å². The molecule has 0 spiro atoms. The number of rotatable bonds is 6. The second-order valence-corrected chi connectivity index (χ2v) is 10.7. The van der Waals surface area contributed by atoms with E-state index in [1.807, 2.05) is 0 Å². The van der Waals surface area contributed by atoms with Gasteiger partial charge in [-0.1, -0.05) is 0 Å². The fourth-order valence-electron chi connectivity index (χ4n) is 5.19. The Morgan fingerprint density at radius 2 is 1.79 bits per heavy atom. The van der Waals surface area contributed by atoms with E-state index in [1.165, 1.54) is 6.92 Å². The van der Waals surface area contributed by atoms with Crippen molar-refractivity contribution in [1.82, 2.24) is 15.2 Å². The molecule has 2 aromatic rings. The average Bonchev–Trinajstić information content (AvgIpc) is 3.41. The van der Waals surface area contributed by atoms with Crippen LogP contribution in [0.15, 0.2) is 23.6 Å². The van der Waals surface area contributed by atoms with Gasteiger partial charge in [0.15, 0.2) is 5.13 Å². The molecule has 0 bridgehead atoms. The van der Waals surface area contributed by atoms with E-state index in [0.717, 1.165) is 24.3 Å². The maximum atomic E-state index is 13.7. The summed E-state index contributed by atoms with van der Waals surface area (Å²) in [5, 5.41) is 7.12. The molecular formula is C25H28F6N4O3S. The topological polar surface area (TPSA) is 83.6 Å². The molecule has 2 aliphatic rings. The maximum Gasteiger partial charge on any atom is 0.416 e. The molecule has 214 valence electrons. The van der Waals surface area contributed by atoms with Gasteiger partial charge >= 0.3 is 12.4 Å². The van der Waals surface area contributed by atoms with E-state index in [2.05, 4.69) is 20.5 Å². The van der Waals surface area contributed by atoms with Crippen LogP contribution in [0.25, 0.3) is 0 Å². The number of benzene rings is 1. The van der Waals surface area contributed by atoms with E-state index >= 15 is 0 Å². The number of nitrogens with zero attached hydrogens (tertiary/aromatic N) is 2. The van der Waals surface area contributed by atoms with Crippen LogP contribution in [-0.4, -0.2) is 54.0 Å². The maximum absolute atomic E-state index is 13.7. The summed E-state index contributed by atoms with van der Waals surface area (Å²) in [6.07, 6.45) is -7.77. The van der Waals surface area contributed by atoms with Gasteiger partial charge in [0.2, 0.25) is 11.8 Å².